The van der Waals surface area contributed by atoms with E-state index in [0.29, 0.717) is 17.5 Å². The fraction of sp³-hybridized carbons (Fsp3) is 0.444. The van der Waals surface area contributed by atoms with Gasteiger partial charge in [-0.25, -0.2) is 0 Å². The Morgan fingerprint density at radius 2 is 1.28 bits per heavy atom. The predicted octanol–water partition coefficient (Wildman–Crippen LogP) is -2.08. The number of primary amides is 2. The Labute approximate surface area is 403 Å². The van der Waals surface area contributed by atoms with Crippen molar-refractivity contribution in [2.45, 2.75) is 93.3 Å². The summed E-state index contributed by atoms with van der Waals surface area (Å²) in [6.07, 6.45) is 1.74. The van der Waals surface area contributed by atoms with Crippen LogP contribution in [-0.2, 0) is 56.0 Å². The van der Waals surface area contributed by atoms with Crippen LogP contribution in [0.15, 0.2) is 60.9 Å². The third-order valence-corrected chi connectivity index (χ3v) is 14.9. The van der Waals surface area contributed by atoms with E-state index < -0.39 is 108 Å². The standard InChI is InChI=1S/C45H56N12O10S2/c46-17-38(60)51-34-22-69-68-21-33(39(48)61)55-41(63)32(15-24-19-50-29-9-4-2-7-27(24)29)53-42(64)35-10-5-13-56(35)44(66)30(11-12-37(47)59)52-40(62)31(14-23-18-49-28-8-3-1-6-26(23)28)54-43(65)36-16-25(58)20-57(36)45(34)67/h1-4,6-9,18-19,25,30-36,49-50,58H,5,10-17,20-22,46H2,(H2,47,59)(H2,48,61)(H,51,60)(H,52,62)(H,53,64)(H,54,65)(H,55,63)/t25-,30+,31-,32+,33+,34+,35+,36+/m1/s1. The van der Waals surface area contributed by atoms with E-state index in [4.69, 9.17) is 17.2 Å². The number of carbonyl (C=O) groups excluding carboxylic acids is 9. The Bertz CT molecular complexity index is 2610. The van der Waals surface area contributed by atoms with Crippen molar-refractivity contribution in [2.75, 3.05) is 31.1 Å². The Morgan fingerprint density at radius 3 is 1.87 bits per heavy atom. The Kier molecular flexibility index (Phi) is 16.5. The van der Waals surface area contributed by atoms with Gasteiger partial charge in [-0.2, -0.15) is 0 Å². The van der Waals surface area contributed by atoms with E-state index in [2.05, 4.69) is 36.6 Å². The topological polar surface area (TPSA) is 350 Å². The molecule has 7 rings (SSSR count). The molecule has 8 atom stereocenters. The van der Waals surface area contributed by atoms with E-state index in [-0.39, 0.29) is 63.1 Å². The maximum absolute atomic E-state index is 14.6. The summed E-state index contributed by atoms with van der Waals surface area (Å²) >= 11 is 0. The second kappa shape index (κ2) is 22.7. The summed E-state index contributed by atoms with van der Waals surface area (Å²) in [5.74, 6) is -7.18. The van der Waals surface area contributed by atoms with Gasteiger partial charge < -0.3 is 68.7 Å². The molecule has 22 nitrogen and oxygen atoms in total. The minimum atomic E-state index is -1.43. The average molecular weight is 989 g/mol. The first-order valence-electron chi connectivity index (χ1n) is 22.5. The summed E-state index contributed by atoms with van der Waals surface area (Å²) in [7, 11) is 2.11. The lowest BCUT2D eigenvalue weighted by molar-refractivity contribution is -0.143. The number of aromatic nitrogens is 2. The number of para-hydroxylation sites is 2. The first kappa shape index (κ1) is 50.3. The molecular weight excluding hydrogens is 933 g/mol. The lowest BCUT2D eigenvalue weighted by Crippen LogP contribution is -2.60. The molecule has 3 aliphatic heterocycles. The summed E-state index contributed by atoms with van der Waals surface area (Å²) in [6, 6.07) is 5.41. The minimum absolute atomic E-state index is 0.0483. The Hall–Kier alpha value is -6.63. The van der Waals surface area contributed by atoms with Gasteiger partial charge in [0.05, 0.1) is 12.6 Å². The van der Waals surface area contributed by atoms with Crippen LogP contribution in [0.3, 0.4) is 0 Å². The van der Waals surface area contributed by atoms with Crippen LogP contribution in [0.5, 0.6) is 0 Å². The molecule has 0 unspecified atom stereocenters. The summed E-state index contributed by atoms with van der Waals surface area (Å²) < 4.78 is 0. The first-order chi connectivity index (χ1) is 33.1. The summed E-state index contributed by atoms with van der Waals surface area (Å²) in [4.78, 5) is 133. The molecule has 5 heterocycles. The number of hydrogen-bond acceptors (Lipinski definition) is 13. The van der Waals surface area contributed by atoms with E-state index in [9.17, 15) is 48.3 Å². The molecular formula is C45H56N12O10S2. The van der Waals surface area contributed by atoms with Crippen molar-refractivity contribution in [1.82, 2.24) is 46.4 Å². The molecule has 2 aromatic carbocycles. The van der Waals surface area contributed by atoms with Gasteiger partial charge in [0.15, 0.2) is 0 Å². The van der Waals surface area contributed by atoms with Gasteiger partial charge in [0.2, 0.25) is 53.2 Å². The van der Waals surface area contributed by atoms with Crippen LogP contribution in [0.2, 0.25) is 0 Å². The van der Waals surface area contributed by atoms with Gasteiger partial charge in [-0.05, 0) is 42.5 Å². The lowest BCUT2D eigenvalue weighted by atomic mass is 10.0. The van der Waals surface area contributed by atoms with E-state index in [1.807, 2.05) is 42.5 Å². The van der Waals surface area contributed by atoms with Crippen molar-refractivity contribution in [1.29, 1.82) is 0 Å². The van der Waals surface area contributed by atoms with Crippen LogP contribution in [0.25, 0.3) is 21.8 Å². The molecule has 0 aliphatic carbocycles. The molecule has 0 radical (unpaired) electrons. The molecule has 4 aromatic rings. The second-order valence-electron chi connectivity index (χ2n) is 17.3. The smallest absolute Gasteiger partial charge is 0.246 e. The number of benzene rings is 2. The number of H-pyrrole nitrogens is 2. The van der Waals surface area contributed by atoms with Gasteiger partial charge in [0, 0.05) is 84.5 Å². The van der Waals surface area contributed by atoms with Gasteiger partial charge >= 0.3 is 0 Å². The van der Waals surface area contributed by atoms with Gasteiger partial charge in [-0.1, -0.05) is 58.0 Å². The van der Waals surface area contributed by atoms with Crippen molar-refractivity contribution >= 4 is 96.6 Å². The Morgan fingerprint density at radius 1 is 0.710 bits per heavy atom. The molecule has 3 saturated heterocycles. The third-order valence-electron chi connectivity index (χ3n) is 12.5. The minimum Gasteiger partial charge on any atom is -0.391 e. The number of nitrogens with one attached hydrogen (secondary N) is 7. The highest BCUT2D eigenvalue weighted by Crippen LogP contribution is 2.28. The quantitative estimate of drug-likeness (QED) is 0.0761. The molecule has 2 aromatic heterocycles. The van der Waals surface area contributed by atoms with Crippen LogP contribution in [0.4, 0.5) is 0 Å². The van der Waals surface area contributed by atoms with E-state index in [1.54, 1.807) is 18.5 Å². The molecule has 0 saturated carbocycles. The van der Waals surface area contributed by atoms with Gasteiger partial charge in [-0.3, -0.25) is 43.2 Å². The fourth-order valence-corrected chi connectivity index (χ4v) is 11.3. The highest BCUT2D eigenvalue weighted by atomic mass is 33.1. The molecule has 368 valence electrons. The predicted molar refractivity (Wildman–Crippen MR) is 256 cm³/mol. The summed E-state index contributed by atoms with van der Waals surface area (Å²) in [6.45, 7) is -0.702. The van der Waals surface area contributed by atoms with Crippen LogP contribution < -0.4 is 43.8 Å². The number of fused-ring (bicyclic) bond motifs is 4. The maximum atomic E-state index is 14.6. The number of aliphatic hydroxyl groups is 1. The molecule has 0 bridgehead atoms. The van der Waals surface area contributed by atoms with Crippen molar-refractivity contribution in [3.05, 3.63) is 72.1 Å². The average Bonchev–Trinajstić information content (AvgIpc) is 4.16. The zero-order chi connectivity index (χ0) is 49.4. The molecule has 3 aliphatic rings. The van der Waals surface area contributed by atoms with Crippen LogP contribution >= 0.6 is 21.6 Å². The number of nitrogens with two attached hydrogens (primary N) is 3. The molecule has 0 spiro atoms. The summed E-state index contributed by atoms with van der Waals surface area (Å²) in [5, 5.41) is 25.9. The van der Waals surface area contributed by atoms with Gasteiger partial charge in [0.1, 0.15) is 42.3 Å². The van der Waals surface area contributed by atoms with E-state index in [1.165, 1.54) is 4.90 Å². The van der Waals surface area contributed by atoms with Crippen LogP contribution in [-0.4, -0.2) is 158 Å². The number of amides is 9. The largest absolute Gasteiger partial charge is 0.391 e. The van der Waals surface area contributed by atoms with Gasteiger partial charge in [0.25, 0.3) is 0 Å². The lowest BCUT2D eigenvalue weighted by Gasteiger charge is -2.31. The second-order valence-corrected chi connectivity index (χ2v) is 19.8. The third kappa shape index (κ3) is 12.2. The molecule has 14 N–H and O–H groups in total. The van der Waals surface area contributed by atoms with Gasteiger partial charge in [-0.15, -0.1) is 0 Å². The number of carbonyl (C=O) groups is 9. The Balaban J connectivity index is 1.25. The zero-order valence-electron chi connectivity index (χ0n) is 37.4. The molecule has 24 heteroatoms. The normalized spacial score (nSPS) is 25.9. The van der Waals surface area contributed by atoms with Crippen LogP contribution in [0, 0.1) is 0 Å². The number of aromatic amines is 2. The number of aliphatic hydroxyl groups excluding tert-OH is 1. The fourth-order valence-electron chi connectivity index (χ4n) is 8.95. The number of hydrogen-bond donors (Lipinski definition) is 11. The molecule has 3 fully saturated rings. The van der Waals surface area contributed by atoms with Crippen molar-refractivity contribution in [3.63, 3.8) is 0 Å². The SMILES string of the molecule is NCC(=O)N[C@H]1CSSC[C@@H](C(N)=O)NC(=O)[C@H](Cc2c[nH]c3ccccc23)NC(=O)[C@@H]2CCCN2C(=O)[C@H](CCC(N)=O)NC(=O)[C@@H](Cc2c[nH]c3ccccc23)NC(=O)[C@@H]2C[C@@H](O)CN2C1=O. The van der Waals surface area contributed by atoms with Crippen molar-refractivity contribution in [3.8, 4) is 0 Å². The summed E-state index contributed by atoms with van der Waals surface area (Å²) in [5.41, 5.74) is 19.7. The maximum Gasteiger partial charge on any atom is 0.246 e. The van der Waals surface area contributed by atoms with Crippen LogP contribution in [0.1, 0.15) is 43.2 Å². The highest BCUT2D eigenvalue weighted by Gasteiger charge is 2.44. The molecule has 69 heavy (non-hydrogen) atoms. The first-order valence-corrected chi connectivity index (χ1v) is 25.0. The monoisotopic (exact) mass is 988 g/mol. The highest BCUT2D eigenvalue weighted by molar-refractivity contribution is 8.76. The number of nitrogens with zero attached hydrogens (tertiary/aromatic N) is 2. The van der Waals surface area contributed by atoms with Crippen molar-refractivity contribution in [2.24, 2.45) is 17.2 Å². The van der Waals surface area contributed by atoms with E-state index >= 15 is 0 Å². The number of rotatable bonds is 10. The van der Waals surface area contributed by atoms with Crippen molar-refractivity contribution < 1.29 is 48.3 Å². The van der Waals surface area contributed by atoms with E-state index in [0.717, 1.165) is 48.3 Å². The zero-order valence-corrected chi connectivity index (χ0v) is 39.1. The molecule has 9 amide bonds.